The summed E-state index contributed by atoms with van der Waals surface area (Å²) in [5.41, 5.74) is 10.8. The number of carbonyl (C=O) groups is 2. The summed E-state index contributed by atoms with van der Waals surface area (Å²) in [7, 11) is 1.64. The Labute approximate surface area is 238 Å². The van der Waals surface area contributed by atoms with Gasteiger partial charge in [-0.25, -0.2) is 10.9 Å². The Bertz CT molecular complexity index is 1380. The lowest BCUT2D eigenvalue weighted by molar-refractivity contribution is -0.121. The first-order valence-corrected chi connectivity index (χ1v) is 13.7. The average molecular weight is 561 g/mol. The van der Waals surface area contributed by atoms with Crippen LogP contribution in [0, 0.1) is 0 Å². The van der Waals surface area contributed by atoms with Crippen molar-refractivity contribution in [2.75, 3.05) is 25.1 Å². The molecule has 0 saturated carbocycles. The molecule has 2 heterocycles. The van der Waals surface area contributed by atoms with Crippen LogP contribution in [0.1, 0.15) is 41.3 Å². The van der Waals surface area contributed by atoms with Crippen molar-refractivity contribution in [2.24, 2.45) is 4.99 Å². The lowest BCUT2D eigenvalue weighted by Gasteiger charge is -2.31. The number of rotatable bonds is 9. The van der Waals surface area contributed by atoms with Crippen LogP contribution in [0.4, 0.5) is 5.69 Å². The molecule has 0 bridgehead atoms. The Kier molecular flexibility index (Phi) is 8.64. The van der Waals surface area contributed by atoms with Gasteiger partial charge in [0.1, 0.15) is 11.9 Å². The van der Waals surface area contributed by atoms with Gasteiger partial charge in [0.15, 0.2) is 0 Å². The molecule has 2 aliphatic heterocycles. The van der Waals surface area contributed by atoms with Crippen molar-refractivity contribution >= 4 is 34.8 Å². The number of fused-ring (bicyclic) bond motifs is 3. The molecule has 3 unspecified atom stereocenters. The van der Waals surface area contributed by atoms with Crippen LogP contribution in [-0.2, 0) is 4.79 Å². The molecule has 40 heavy (non-hydrogen) atoms. The molecule has 1 saturated heterocycles. The molecule has 5 rings (SSSR count). The van der Waals surface area contributed by atoms with E-state index in [1.807, 2.05) is 60.7 Å². The third-order valence-corrected chi connectivity index (χ3v) is 7.31. The number of ether oxygens (including phenoxy) is 1. The van der Waals surface area contributed by atoms with Crippen molar-refractivity contribution in [1.82, 2.24) is 21.5 Å². The molecule has 0 aliphatic carbocycles. The van der Waals surface area contributed by atoms with Crippen LogP contribution in [0.2, 0.25) is 5.02 Å². The molecule has 0 spiro atoms. The Morgan fingerprint density at radius 1 is 1.00 bits per heavy atom. The van der Waals surface area contributed by atoms with E-state index in [1.165, 1.54) is 0 Å². The highest BCUT2D eigenvalue weighted by Gasteiger charge is 2.40. The molecule has 0 aromatic heterocycles. The topological polar surface area (TPSA) is 107 Å². The van der Waals surface area contributed by atoms with Gasteiger partial charge in [-0.15, -0.1) is 0 Å². The highest BCUT2D eigenvalue weighted by Crippen LogP contribution is 2.36. The lowest BCUT2D eigenvalue weighted by atomic mass is 9.99. The number of benzene rings is 3. The van der Waals surface area contributed by atoms with Crippen LogP contribution < -0.4 is 31.1 Å². The molecule has 2 amide bonds. The maximum absolute atomic E-state index is 13.1. The van der Waals surface area contributed by atoms with Gasteiger partial charge in [-0.3, -0.25) is 14.6 Å². The Balaban J connectivity index is 1.31. The van der Waals surface area contributed by atoms with Crippen LogP contribution in [0.3, 0.4) is 0 Å². The second kappa shape index (κ2) is 12.5. The fourth-order valence-electron chi connectivity index (χ4n) is 5.06. The van der Waals surface area contributed by atoms with Crippen LogP contribution >= 0.6 is 11.6 Å². The predicted molar refractivity (Wildman–Crippen MR) is 157 cm³/mol. The van der Waals surface area contributed by atoms with Crippen molar-refractivity contribution in [1.29, 1.82) is 0 Å². The molecule has 1 fully saturated rings. The van der Waals surface area contributed by atoms with Gasteiger partial charge in [0, 0.05) is 40.5 Å². The molecule has 3 aromatic carbocycles. The van der Waals surface area contributed by atoms with Gasteiger partial charge >= 0.3 is 0 Å². The smallest absolute Gasteiger partial charge is 0.251 e. The van der Waals surface area contributed by atoms with Crippen LogP contribution in [0.15, 0.2) is 77.8 Å². The highest BCUT2D eigenvalue weighted by molar-refractivity contribution is 6.30. The number of amides is 2. The minimum absolute atomic E-state index is 0.0318. The molecule has 9 nitrogen and oxygen atoms in total. The number of hydrogen-bond donors (Lipinski definition) is 4. The molecule has 0 radical (unpaired) electrons. The van der Waals surface area contributed by atoms with Crippen molar-refractivity contribution < 1.29 is 14.3 Å². The molecular formula is C30H33ClN6O3. The number of methoxy groups -OCH3 is 1. The number of anilines is 1. The largest absolute Gasteiger partial charge is 0.497 e. The lowest BCUT2D eigenvalue weighted by Crippen LogP contribution is -2.47. The normalized spacial score (nSPS) is 19.6. The van der Waals surface area contributed by atoms with Gasteiger partial charge in [0.05, 0.1) is 31.4 Å². The molecule has 4 N–H and O–H groups in total. The van der Waals surface area contributed by atoms with Crippen molar-refractivity contribution in [3.63, 3.8) is 0 Å². The van der Waals surface area contributed by atoms with E-state index in [0.717, 1.165) is 28.3 Å². The maximum atomic E-state index is 13.1. The van der Waals surface area contributed by atoms with Crippen molar-refractivity contribution in [3.05, 3.63) is 94.5 Å². The fourth-order valence-corrected chi connectivity index (χ4v) is 5.18. The van der Waals surface area contributed by atoms with Gasteiger partial charge in [-0.05, 0) is 55.8 Å². The Morgan fingerprint density at radius 3 is 2.50 bits per heavy atom. The summed E-state index contributed by atoms with van der Waals surface area (Å²) < 4.78 is 5.54. The molecule has 10 heteroatoms. The number of hydrazine groups is 1. The third-order valence-electron chi connectivity index (χ3n) is 7.06. The van der Waals surface area contributed by atoms with E-state index in [0.29, 0.717) is 30.1 Å². The van der Waals surface area contributed by atoms with E-state index >= 15 is 0 Å². The number of aliphatic imine (C=N–C) groups is 1. The van der Waals surface area contributed by atoms with Crippen molar-refractivity contribution in [2.45, 2.75) is 38.1 Å². The minimum atomic E-state index is -0.390. The van der Waals surface area contributed by atoms with E-state index in [4.69, 9.17) is 21.3 Å². The SMILES string of the molecule is COc1ccc2c(c1)C(c1ccc(Cl)cc1)=NC(CC(=O)NCCCNC(=O)c1ccccc1)C1NNC(C)N21. The van der Waals surface area contributed by atoms with Gasteiger partial charge in [-0.2, -0.15) is 0 Å². The van der Waals surface area contributed by atoms with Crippen LogP contribution in [-0.4, -0.2) is 56.1 Å². The fraction of sp³-hybridized carbons (Fsp3) is 0.300. The summed E-state index contributed by atoms with van der Waals surface area (Å²) >= 11 is 6.18. The molecule has 2 aliphatic rings. The van der Waals surface area contributed by atoms with E-state index in [2.05, 4.69) is 33.3 Å². The number of halogens is 1. The number of nitrogens with zero attached hydrogens (tertiary/aromatic N) is 2. The summed E-state index contributed by atoms with van der Waals surface area (Å²) in [5.74, 6) is 0.489. The minimum Gasteiger partial charge on any atom is -0.497 e. The summed E-state index contributed by atoms with van der Waals surface area (Å²) in [6.07, 6.45) is 0.520. The summed E-state index contributed by atoms with van der Waals surface area (Å²) in [6, 6.07) is 22.2. The summed E-state index contributed by atoms with van der Waals surface area (Å²) in [6.45, 7) is 2.98. The molecule has 208 valence electrons. The first kappa shape index (κ1) is 27.6. The van der Waals surface area contributed by atoms with Crippen molar-refractivity contribution in [3.8, 4) is 5.75 Å². The zero-order valence-corrected chi connectivity index (χ0v) is 23.2. The summed E-state index contributed by atoms with van der Waals surface area (Å²) in [4.78, 5) is 32.7. The first-order chi connectivity index (χ1) is 19.4. The van der Waals surface area contributed by atoms with Crippen LogP contribution in [0.25, 0.3) is 0 Å². The first-order valence-electron chi connectivity index (χ1n) is 13.4. The third kappa shape index (κ3) is 6.12. The second-order valence-electron chi connectivity index (χ2n) is 9.78. The monoisotopic (exact) mass is 560 g/mol. The molecular weight excluding hydrogens is 528 g/mol. The predicted octanol–water partition coefficient (Wildman–Crippen LogP) is 3.48. The van der Waals surface area contributed by atoms with Gasteiger partial charge in [-0.1, -0.05) is 41.9 Å². The Hall–Kier alpha value is -3.92. The van der Waals surface area contributed by atoms with Gasteiger partial charge in [0.2, 0.25) is 5.91 Å². The quantitative estimate of drug-likeness (QED) is 0.299. The highest BCUT2D eigenvalue weighted by atomic mass is 35.5. The number of carbonyl (C=O) groups excluding carboxylic acids is 2. The standard InChI is InChI=1S/C30H33ClN6O3/c1-19-35-36-29-25(18-27(38)32-15-6-16-33-30(39)21-7-4-3-5-8-21)34-28(20-9-11-22(31)12-10-20)24-17-23(40-2)13-14-26(24)37(19)29/h3-5,7-14,17,19,25,29,35-36H,6,15-16,18H2,1-2H3,(H,32,38)(H,33,39). The van der Waals surface area contributed by atoms with Gasteiger partial charge < -0.3 is 20.3 Å². The molecule has 3 aromatic rings. The average Bonchev–Trinajstić information content (AvgIpc) is 3.30. The van der Waals surface area contributed by atoms with E-state index in [-0.39, 0.29) is 36.6 Å². The zero-order valence-electron chi connectivity index (χ0n) is 22.5. The molecule has 3 atom stereocenters. The van der Waals surface area contributed by atoms with Gasteiger partial charge in [0.25, 0.3) is 5.91 Å². The van der Waals surface area contributed by atoms with Crippen LogP contribution in [0.5, 0.6) is 5.75 Å². The van der Waals surface area contributed by atoms with E-state index < -0.39 is 0 Å². The maximum Gasteiger partial charge on any atom is 0.251 e. The second-order valence-corrected chi connectivity index (χ2v) is 10.2. The number of hydrogen-bond acceptors (Lipinski definition) is 7. The zero-order chi connectivity index (χ0) is 28.1. The number of nitrogens with one attached hydrogen (secondary N) is 4. The van der Waals surface area contributed by atoms with E-state index in [9.17, 15) is 9.59 Å². The van der Waals surface area contributed by atoms with E-state index in [1.54, 1.807) is 19.2 Å². The Morgan fingerprint density at radius 2 is 1.75 bits per heavy atom. The summed E-state index contributed by atoms with van der Waals surface area (Å²) in [5, 5.41) is 6.52.